The summed E-state index contributed by atoms with van der Waals surface area (Å²) in [4.78, 5) is 12.4. The molecule has 0 aromatic carbocycles. The zero-order valence-electron chi connectivity index (χ0n) is 10.5. The predicted octanol–water partition coefficient (Wildman–Crippen LogP) is 2.86. The molecule has 0 radical (unpaired) electrons. The SMILES string of the molecule is CC(C)Nc1sc(C(=O)C(C)C)c(N)c1C#N. The predicted molar refractivity (Wildman–Crippen MR) is 71.4 cm³/mol. The number of nitriles is 1. The van der Waals surface area contributed by atoms with Crippen molar-refractivity contribution in [3.05, 3.63) is 10.4 Å². The lowest BCUT2D eigenvalue weighted by molar-refractivity contribution is 0.0944. The molecule has 0 atom stereocenters. The molecule has 3 N–H and O–H groups in total. The van der Waals surface area contributed by atoms with Gasteiger partial charge in [0.2, 0.25) is 0 Å². The normalized spacial score (nSPS) is 10.6. The summed E-state index contributed by atoms with van der Waals surface area (Å²) in [5.74, 6) is -0.129. The standard InChI is InChI=1S/C12H17N3OS/c1-6(2)10(16)11-9(14)8(5-13)12(17-11)15-7(3)4/h6-7,15H,14H2,1-4H3. The van der Waals surface area contributed by atoms with Gasteiger partial charge in [0.15, 0.2) is 5.78 Å². The number of carbonyl (C=O) groups is 1. The van der Waals surface area contributed by atoms with Gasteiger partial charge in [-0.3, -0.25) is 4.79 Å². The molecule has 0 aliphatic carbocycles. The van der Waals surface area contributed by atoms with E-state index in [4.69, 9.17) is 11.0 Å². The van der Waals surface area contributed by atoms with Gasteiger partial charge in [0.25, 0.3) is 0 Å². The molecule has 1 rings (SSSR count). The Morgan fingerprint density at radius 3 is 2.41 bits per heavy atom. The number of nitrogens with two attached hydrogens (primary N) is 1. The van der Waals surface area contributed by atoms with Gasteiger partial charge in [0.1, 0.15) is 16.6 Å². The largest absolute Gasteiger partial charge is 0.396 e. The minimum Gasteiger partial charge on any atom is -0.396 e. The molecule has 0 aliphatic rings. The third-order valence-electron chi connectivity index (χ3n) is 2.22. The molecule has 5 heteroatoms. The number of Topliss-reactive ketones (excluding diaryl/α,β-unsaturated/α-hetero) is 1. The summed E-state index contributed by atoms with van der Waals surface area (Å²) >= 11 is 1.27. The highest BCUT2D eigenvalue weighted by atomic mass is 32.1. The van der Waals surface area contributed by atoms with Gasteiger partial charge in [-0.2, -0.15) is 5.26 Å². The molecule has 4 nitrogen and oxygen atoms in total. The van der Waals surface area contributed by atoms with E-state index in [1.54, 1.807) is 0 Å². The number of nitrogens with one attached hydrogen (secondary N) is 1. The molecule has 0 spiro atoms. The number of nitrogens with zero attached hydrogens (tertiary/aromatic N) is 1. The smallest absolute Gasteiger partial charge is 0.177 e. The van der Waals surface area contributed by atoms with Gasteiger partial charge in [-0.15, -0.1) is 11.3 Å². The molecule has 1 aromatic heterocycles. The number of anilines is 2. The summed E-state index contributed by atoms with van der Waals surface area (Å²) in [6, 6.07) is 2.25. The van der Waals surface area contributed by atoms with Crippen LogP contribution in [-0.4, -0.2) is 11.8 Å². The Bertz CT molecular complexity index is 469. The summed E-state index contributed by atoms with van der Waals surface area (Å²) in [5.41, 5.74) is 6.54. The summed E-state index contributed by atoms with van der Waals surface area (Å²) in [6.45, 7) is 7.59. The highest BCUT2D eigenvalue weighted by Crippen LogP contribution is 2.36. The van der Waals surface area contributed by atoms with Crippen molar-refractivity contribution in [2.75, 3.05) is 11.1 Å². The summed E-state index contributed by atoms with van der Waals surface area (Å²) in [6.07, 6.45) is 0. The molecule has 0 amide bonds. The average molecular weight is 251 g/mol. The van der Waals surface area contributed by atoms with Crippen molar-refractivity contribution in [3.63, 3.8) is 0 Å². The molecule has 0 fully saturated rings. The molecule has 92 valence electrons. The van der Waals surface area contributed by atoms with Crippen LogP contribution in [0.1, 0.15) is 42.9 Å². The Kier molecular flexibility index (Phi) is 4.13. The maximum atomic E-state index is 11.9. The minimum absolute atomic E-state index is 0.0131. The molecule has 0 aliphatic heterocycles. The first-order chi connectivity index (χ1) is 7.88. The van der Waals surface area contributed by atoms with Crippen molar-refractivity contribution in [3.8, 4) is 6.07 Å². The number of ketones is 1. The van der Waals surface area contributed by atoms with Gasteiger partial charge in [-0.05, 0) is 13.8 Å². The molecule has 0 saturated heterocycles. The van der Waals surface area contributed by atoms with Crippen LogP contribution >= 0.6 is 11.3 Å². The van der Waals surface area contributed by atoms with Crippen LogP contribution in [-0.2, 0) is 0 Å². The number of carbonyl (C=O) groups excluding carboxylic acids is 1. The Labute approximate surface area is 105 Å². The number of rotatable bonds is 4. The van der Waals surface area contributed by atoms with Crippen LogP contribution < -0.4 is 11.1 Å². The lowest BCUT2D eigenvalue weighted by atomic mass is 10.1. The van der Waals surface area contributed by atoms with E-state index >= 15 is 0 Å². The molecule has 1 heterocycles. The third-order valence-corrected chi connectivity index (χ3v) is 3.38. The van der Waals surface area contributed by atoms with Crippen LogP contribution in [0.15, 0.2) is 0 Å². The van der Waals surface area contributed by atoms with E-state index < -0.39 is 0 Å². The van der Waals surface area contributed by atoms with Crippen molar-refractivity contribution < 1.29 is 4.79 Å². The van der Waals surface area contributed by atoms with Crippen molar-refractivity contribution in [1.29, 1.82) is 5.26 Å². The average Bonchev–Trinajstić information content (AvgIpc) is 2.52. The van der Waals surface area contributed by atoms with E-state index in [9.17, 15) is 4.79 Å². The lowest BCUT2D eigenvalue weighted by Crippen LogP contribution is -2.09. The van der Waals surface area contributed by atoms with Crippen LogP contribution in [0.25, 0.3) is 0 Å². The van der Waals surface area contributed by atoms with Crippen LogP contribution in [0, 0.1) is 17.2 Å². The van der Waals surface area contributed by atoms with Crippen molar-refractivity contribution >= 4 is 27.8 Å². The molecule has 1 aromatic rings. The summed E-state index contributed by atoms with van der Waals surface area (Å²) in [5, 5.41) is 12.9. The van der Waals surface area contributed by atoms with Gasteiger partial charge in [-0.1, -0.05) is 13.8 Å². The number of thiophene rings is 1. The Balaban J connectivity index is 3.23. The molecule has 17 heavy (non-hydrogen) atoms. The summed E-state index contributed by atoms with van der Waals surface area (Å²) in [7, 11) is 0. The first kappa shape index (κ1) is 13.5. The van der Waals surface area contributed by atoms with E-state index in [1.165, 1.54) is 11.3 Å². The first-order valence-electron chi connectivity index (χ1n) is 5.51. The number of nitrogen functional groups attached to an aromatic ring is 1. The van der Waals surface area contributed by atoms with Crippen molar-refractivity contribution in [2.24, 2.45) is 5.92 Å². The van der Waals surface area contributed by atoms with E-state index in [0.717, 1.165) is 0 Å². The first-order valence-corrected chi connectivity index (χ1v) is 6.33. The molecule has 0 unspecified atom stereocenters. The van der Waals surface area contributed by atoms with E-state index in [-0.39, 0.29) is 17.7 Å². The maximum absolute atomic E-state index is 11.9. The number of hydrogen-bond donors (Lipinski definition) is 2. The highest BCUT2D eigenvalue weighted by Gasteiger charge is 2.22. The fourth-order valence-electron chi connectivity index (χ4n) is 1.36. The second-order valence-electron chi connectivity index (χ2n) is 4.48. The minimum atomic E-state index is -0.116. The van der Waals surface area contributed by atoms with Gasteiger partial charge >= 0.3 is 0 Å². The monoisotopic (exact) mass is 251 g/mol. The highest BCUT2D eigenvalue weighted by molar-refractivity contribution is 7.19. The zero-order chi connectivity index (χ0) is 13.2. The summed E-state index contributed by atoms with van der Waals surface area (Å²) < 4.78 is 0. The van der Waals surface area contributed by atoms with Crippen LogP contribution in [0.4, 0.5) is 10.7 Å². The van der Waals surface area contributed by atoms with Crippen molar-refractivity contribution in [2.45, 2.75) is 33.7 Å². The quantitative estimate of drug-likeness (QED) is 0.806. The van der Waals surface area contributed by atoms with Crippen LogP contribution in [0.3, 0.4) is 0 Å². The molecular weight excluding hydrogens is 234 g/mol. The van der Waals surface area contributed by atoms with Crippen LogP contribution in [0.5, 0.6) is 0 Å². The van der Waals surface area contributed by atoms with E-state index in [1.807, 2.05) is 27.7 Å². The second-order valence-corrected chi connectivity index (χ2v) is 5.50. The number of hydrogen-bond acceptors (Lipinski definition) is 5. The molecule has 0 saturated carbocycles. The maximum Gasteiger partial charge on any atom is 0.177 e. The Morgan fingerprint density at radius 2 is 2.00 bits per heavy atom. The van der Waals surface area contributed by atoms with Gasteiger partial charge in [0.05, 0.1) is 10.6 Å². The van der Waals surface area contributed by atoms with Crippen molar-refractivity contribution in [1.82, 2.24) is 0 Å². The lowest BCUT2D eigenvalue weighted by Gasteiger charge is -2.06. The second kappa shape index (κ2) is 5.19. The van der Waals surface area contributed by atoms with E-state index in [2.05, 4.69) is 11.4 Å². The van der Waals surface area contributed by atoms with Gasteiger partial charge < -0.3 is 11.1 Å². The Hall–Kier alpha value is -1.54. The van der Waals surface area contributed by atoms with Crippen LogP contribution in [0.2, 0.25) is 0 Å². The van der Waals surface area contributed by atoms with E-state index in [0.29, 0.717) is 21.1 Å². The molecule has 0 bridgehead atoms. The van der Waals surface area contributed by atoms with Gasteiger partial charge in [-0.25, -0.2) is 0 Å². The van der Waals surface area contributed by atoms with Gasteiger partial charge in [0, 0.05) is 12.0 Å². The topological polar surface area (TPSA) is 78.9 Å². The fraction of sp³-hybridized carbons (Fsp3) is 0.500. The molecular formula is C12H17N3OS. The zero-order valence-corrected chi connectivity index (χ0v) is 11.3. The Morgan fingerprint density at radius 1 is 1.41 bits per heavy atom. The third kappa shape index (κ3) is 2.77. The fourth-order valence-corrected chi connectivity index (χ4v) is 2.67.